The smallest absolute Gasteiger partial charge is 0.334 e. The lowest BCUT2D eigenvalue weighted by molar-refractivity contribution is -0.146. The van der Waals surface area contributed by atoms with Gasteiger partial charge in [-0.1, -0.05) is 26.2 Å². The highest BCUT2D eigenvalue weighted by Crippen LogP contribution is 2.24. The predicted octanol–water partition coefficient (Wildman–Crippen LogP) is 1.43. The summed E-state index contributed by atoms with van der Waals surface area (Å²) in [6.45, 7) is 0.642. The molecule has 1 fully saturated rings. The lowest BCUT2D eigenvalue weighted by atomic mass is 9.89. The molecule has 2 atom stereocenters. The average Bonchev–Trinajstić information content (AvgIpc) is 2.69. The molecule has 1 aromatic rings. The number of amides is 1. The van der Waals surface area contributed by atoms with E-state index in [4.69, 9.17) is 5.11 Å². The molecule has 28 heavy (non-hydrogen) atoms. The van der Waals surface area contributed by atoms with E-state index in [0.717, 1.165) is 25.7 Å². The van der Waals surface area contributed by atoms with Crippen LogP contribution in [0.4, 0.5) is 4.39 Å². The van der Waals surface area contributed by atoms with Gasteiger partial charge in [-0.3, -0.25) is 14.4 Å². The monoisotopic (exact) mass is 395 g/mol. The molecule has 1 amide bonds. The molecule has 1 saturated carbocycles. The molecule has 2 rings (SSSR count). The molecule has 1 aliphatic carbocycles. The van der Waals surface area contributed by atoms with Gasteiger partial charge in [0.1, 0.15) is 0 Å². The number of rotatable bonds is 9. The quantitative estimate of drug-likeness (QED) is 0.611. The van der Waals surface area contributed by atoms with E-state index in [2.05, 4.69) is 5.10 Å². The SMILES string of the molecule is CCC(C(=O)NC(C(=O)O)C(=O)CF)c1ccnn(CC2CCCCC2)c1=O. The normalized spacial score (nSPS) is 16.9. The van der Waals surface area contributed by atoms with E-state index in [1.807, 2.05) is 5.32 Å². The Labute approximate surface area is 162 Å². The molecule has 0 aromatic carbocycles. The van der Waals surface area contributed by atoms with Gasteiger partial charge in [0, 0.05) is 18.3 Å². The fourth-order valence-electron chi connectivity index (χ4n) is 3.62. The number of carboxylic acids is 1. The number of aliphatic carboxylic acids is 1. The number of alkyl halides is 1. The van der Waals surface area contributed by atoms with E-state index in [0.29, 0.717) is 12.5 Å². The van der Waals surface area contributed by atoms with Crippen molar-refractivity contribution in [2.75, 3.05) is 6.67 Å². The maximum Gasteiger partial charge on any atom is 0.334 e. The molecular formula is C19H26FN3O5. The van der Waals surface area contributed by atoms with Crippen LogP contribution in [-0.4, -0.2) is 45.3 Å². The van der Waals surface area contributed by atoms with Crippen molar-refractivity contribution in [1.29, 1.82) is 0 Å². The fraction of sp³-hybridized carbons (Fsp3) is 0.632. The summed E-state index contributed by atoms with van der Waals surface area (Å²) in [5, 5.41) is 15.2. The Morgan fingerprint density at radius 3 is 2.57 bits per heavy atom. The molecule has 1 aromatic heterocycles. The second-order valence-corrected chi connectivity index (χ2v) is 7.12. The average molecular weight is 395 g/mol. The second kappa shape index (κ2) is 10.1. The molecular weight excluding hydrogens is 369 g/mol. The third kappa shape index (κ3) is 5.24. The zero-order valence-electron chi connectivity index (χ0n) is 15.9. The van der Waals surface area contributed by atoms with Crippen LogP contribution in [0, 0.1) is 5.92 Å². The minimum Gasteiger partial charge on any atom is -0.479 e. The number of hydrogen-bond donors (Lipinski definition) is 2. The van der Waals surface area contributed by atoms with Gasteiger partial charge in [-0.15, -0.1) is 0 Å². The van der Waals surface area contributed by atoms with Crippen LogP contribution in [0.5, 0.6) is 0 Å². The van der Waals surface area contributed by atoms with E-state index in [-0.39, 0.29) is 12.0 Å². The van der Waals surface area contributed by atoms with Crippen LogP contribution in [0.3, 0.4) is 0 Å². The first-order valence-corrected chi connectivity index (χ1v) is 9.56. The zero-order chi connectivity index (χ0) is 20.7. The third-order valence-electron chi connectivity index (χ3n) is 5.18. The Morgan fingerprint density at radius 1 is 1.32 bits per heavy atom. The minimum atomic E-state index is -1.97. The van der Waals surface area contributed by atoms with Gasteiger partial charge in [0.05, 0.1) is 5.92 Å². The highest BCUT2D eigenvalue weighted by molar-refractivity contribution is 6.06. The van der Waals surface area contributed by atoms with Crippen LogP contribution in [0.2, 0.25) is 0 Å². The van der Waals surface area contributed by atoms with Gasteiger partial charge in [0.25, 0.3) is 5.56 Å². The lowest BCUT2D eigenvalue weighted by Crippen LogP contribution is -2.49. The largest absolute Gasteiger partial charge is 0.479 e. The first-order chi connectivity index (χ1) is 13.4. The standard InChI is InChI=1S/C19H26FN3O5/c1-2-13(17(25)22-16(19(27)28)15(24)10-20)14-8-9-21-23(18(14)26)11-12-6-4-3-5-7-12/h8-9,12-13,16H,2-7,10-11H2,1H3,(H,22,25)(H,27,28). The van der Waals surface area contributed by atoms with Gasteiger partial charge in [-0.25, -0.2) is 13.9 Å². The number of halogens is 1. The number of Topliss-reactive ketones (excluding diaryl/α,β-unsaturated/α-hetero) is 1. The van der Waals surface area contributed by atoms with Crippen LogP contribution in [-0.2, 0) is 20.9 Å². The van der Waals surface area contributed by atoms with Gasteiger partial charge in [-0.05, 0) is 31.2 Å². The third-order valence-corrected chi connectivity index (χ3v) is 5.18. The molecule has 9 heteroatoms. The van der Waals surface area contributed by atoms with E-state index >= 15 is 0 Å². The first-order valence-electron chi connectivity index (χ1n) is 9.56. The number of nitrogens with zero attached hydrogens (tertiary/aromatic N) is 2. The van der Waals surface area contributed by atoms with Crippen LogP contribution in [0.25, 0.3) is 0 Å². The number of carbonyl (C=O) groups excluding carboxylic acids is 2. The maximum atomic E-state index is 12.8. The summed E-state index contributed by atoms with van der Waals surface area (Å²) in [6, 6.07) is -0.543. The van der Waals surface area contributed by atoms with Crippen molar-refractivity contribution >= 4 is 17.7 Å². The predicted molar refractivity (Wildman–Crippen MR) is 98.7 cm³/mol. The molecule has 1 aliphatic rings. The number of nitrogens with one attached hydrogen (secondary N) is 1. The Morgan fingerprint density at radius 2 is 2.00 bits per heavy atom. The Kier molecular flexibility index (Phi) is 7.83. The van der Waals surface area contributed by atoms with Crippen molar-refractivity contribution in [2.24, 2.45) is 5.92 Å². The summed E-state index contributed by atoms with van der Waals surface area (Å²) < 4.78 is 13.9. The zero-order valence-corrected chi connectivity index (χ0v) is 15.9. The molecule has 0 aliphatic heterocycles. The first kappa shape index (κ1) is 21.7. The number of carboxylic acid groups (broad SMARTS) is 1. The van der Waals surface area contributed by atoms with Crippen LogP contribution in [0.15, 0.2) is 17.1 Å². The Hall–Kier alpha value is -2.58. The van der Waals surface area contributed by atoms with Gasteiger partial charge in [0.15, 0.2) is 18.5 Å². The molecule has 8 nitrogen and oxygen atoms in total. The van der Waals surface area contributed by atoms with Crippen molar-refractivity contribution in [3.63, 3.8) is 0 Å². The molecule has 0 spiro atoms. The van der Waals surface area contributed by atoms with Crippen molar-refractivity contribution in [3.8, 4) is 0 Å². The van der Waals surface area contributed by atoms with E-state index < -0.39 is 41.9 Å². The summed E-state index contributed by atoms with van der Waals surface area (Å²) in [5.41, 5.74) is -0.221. The van der Waals surface area contributed by atoms with E-state index in [9.17, 15) is 23.6 Å². The van der Waals surface area contributed by atoms with Crippen LogP contribution in [0.1, 0.15) is 56.9 Å². The van der Waals surface area contributed by atoms with Crippen molar-refractivity contribution < 1.29 is 23.9 Å². The van der Waals surface area contributed by atoms with Crippen LogP contribution < -0.4 is 10.9 Å². The summed E-state index contributed by atoms with van der Waals surface area (Å²) in [4.78, 5) is 48.0. The summed E-state index contributed by atoms with van der Waals surface area (Å²) in [5.74, 6) is -4.29. The van der Waals surface area contributed by atoms with Crippen molar-refractivity contribution in [1.82, 2.24) is 15.1 Å². The van der Waals surface area contributed by atoms with Crippen molar-refractivity contribution in [3.05, 3.63) is 28.2 Å². The van der Waals surface area contributed by atoms with Gasteiger partial charge in [0.2, 0.25) is 5.91 Å². The minimum absolute atomic E-state index is 0.183. The molecule has 2 unspecified atom stereocenters. The Balaban J connectivity index is 2.21. The topological polar surface area (TPSA) is 118 Å². The lowest BCUT2D eigenvalue weighted by Gasteiger charge is -2.22. The van der Waals surface area contributed by atoms with Crippen LogP contribution >= 0.6 is 0 Å². The van der Waals surface area contributed by atoms with Gasteiger partial charge < -0.3 is 10.4 Å². The van der Waals surface area contributed by atoms with E-state index in [1.165, 1.54) is 23.4 Å². The summed E-state index contributed by atoms with van der Waals surface area (Å²) in [6.07, 6.45) is 7.15. The highest BCUT2D eigenvalue weighted by atomic mass is 19.1. The number of carbonyl (C=O) groups is 3. The Bertz CT molecular complexity index is 773. The number of aromatic nitrogens is 2. The van der Waals surface area contributed by atoms with Gasteiger partial charge in [-0.2, -0.15) is 5.10 Å². The van der Waals surface area contributed by atoms with Gasteiger partial charge >= 0.3 is 5.97 Å². The molecule has 1 heterocycles. The fourth-order valence-corrected chi connectivity index (χ4v) is 3.62. The molecule has 0 saturated heterocycles. The second-order valence-electron chi connectivity index (χ2n) is 7.12. The number of hydrogen-bond acceptors (Lipinski definition) is 5. The highest BCUT2D eigenvalue weighted by Gasteiger charge is 2.32. The number of ketones is 1. The molecule has 154 valence electrons. The molecule has 0 radical (unpaired) electrons. The summed E-state index contributed by atoms with van der Waals surface area (Å²) >= 11 is 0. The molecule has 0 bridgehead atoms. The van der Waals surface area contributed by atoms with E-state index in [1.54, 1.807) is 6.92 Å². The van der Waals surface area contributed by atoms with Crippen molar-refractivity contribution in [2.45, 2.75) is 64.0 Å². The summed E-state index contributed by atoms with van der Waals surface area (Å²) in [7, 11) is 0. The maximum absolute atomic E-state index is 12.8. The molecule has 2 N–H and O–H groups in total.